The van der Waals surface area contributed by atoms with Crippen molar-refractivity contribution in [3.05, 3.63) is 35.9 Å². The van der Waals surface area contributed by atoms with Gasteiger partial charge in [-0.2, -0.15) is 0 Å². The maximum atomic E-state index is 11.5. The van der Waals surface area contributed by atoms with E-state index in [4.69, 9.17) is 15.6 Å². The normalized spacial score (nSPS) is 11.4. The molecule has 0 fully saturated rings. The molecule has 0 bridgehead atoms. The molecule has 0 spiro atoms. The minimum Gasteiger partial charge on any atom is -0.480 e. The van der Waals surface area contributed by atoms with Crippen molar-refractivity contribution < 1.29 is 24.2 Å². The van der Waals surface area contributed by atoms with E-state index < -0.39 is 24.0 Å². The number of nitrogens with one attached hydrogen (secondary N) is 1. The number of alkyl carbamates (subject to hydrolysis) is 1. The second-order valence-electron chi connectivity index (χ2n) is 4.46. The van der Waals surface area contributed by atoms with Crippen molar-refractivity contribution in [1.82, 2.24) is 5.32 Å². The largest absolute Gasteiger partial charge is 0.480 e. The van der Waals surface area contributed by atoms with E-state index >= 15 is 0 Å². The summed E-state index contributed by atoms with van der Waals surface area (Å²) < 4.78 is 4.93. The van der Waals surface area contributed by atoms with Crippen LogP contribution in [0.3, 0.4) is 0 Å². The molecule has 1 aromatic rings. The standard InChI is InChI=1S/C14H18N2O5/c15-12(17)8-4-7-11(13(18)19)16-14(20)21-9-10-5-2-1-3-6-10/h1-3,5-6,11H,4,7-9H2,(H2,15,17)(H,16,20)(H,18,19)/t11-/m1/s1. The number of ether oxygens (including phenoxy) is 1. The number of rotatable bonds is 8. The van der Waals surface area contributed by atoms with E-state index in [0.717, 1.165) is 5.56 Å². The van der Waals surface area contributed by atoms with E-state index in [1.165, 1.54) is 0 Å². The Morgan fingerprint density at radius 3 is 2.48 bits per heavy atom. The number of primary amides is 1. The molecule has 2 amide bonds. The van der Waals surface area contributed by atoms with Gasteiger partial charge in [0, 0.05) is 6.42 Å². The SMILES string of the molecule is NC(=O)CCC[C@@H](NC(=O)OCc1ccccc1)C(=O)O. The summed E-state index contributed by atoms with van der Waals surface area (Å²) in [5.74, 6) is -1.69. The zero-order valence-electron chi connectivity index (χ0n) is 11.5. The number of amides is 2. The molecule has 0 saturated heterocycles. The first-order valence-corrected chi connectivity index (χ1v) is 6.47. The van der Waals surface area contributed by atoms with E-state index in [-0.39, 0.29) is 25.9 Å². The molecule has 114 valence electrons. The molecule has 1 atom stereocenters. The predicted molar refractivity (Wildman–Crippen MR) is 74.2 cm³/mol. The predicted octanol–water partition coefficient (Wildman–Crippen LogP) is 1.02. The third-order valence-electron chi connectivity index (χ3n) is 2.72. The minimum atomic E-state index is -1.18. The molecule has 0 aromatic heterocycles. The Kier molecular flexibility index (Phi) is 6.73. The van der Waals surface area contributed by atoms with Crippen LogP contribution in [0.5, 0.6) is 0 Å². The fourth-order valence-electron chi connectivity index (χ4n) is 1.64. The Hall–Kier alpha value is -2.57. The molecule has 1 aromatic carbocycles. The van der Waals surface area contributed by atoms with Crippen molar-refractivity contribution in [3.63, 3.8) is 0 Å². The third kappa shape index (κ3) is 6.95. The molecule has 0 aliphatic carbocycles. The molecule has 0 radical (unpaired) electrons. The lowest BCUT2D eigenvalue weighted by molar-refractivity contribution is -0.139. The Balaban J connectivity index is 2.38. The van der Waals surface area contributed by atoms with Gasteiger partial charge in [0.1, 0.15) is 12.6 Å². The van der Waals surface area contributed by atoms with E-state index in [2.05, 4.69) is 5.32 Å². The van der Waals surface area contributed by atoms with Gasteiger partial charge in [0.05, 0.1) is 0 Å². The maximum absolute atomic E-state index is 11.5. The second-order valence-corrected chi connectivity index (χ2v) is 4.46. The molecule has 0 saturated carbocycles. The summed E-state index contributed by atoms with van der Waals surface area (Å²) in [6.07, 6.45) is -0.348. The Morgan fingerprint density at radius 1 is 1.24 bits per heavy atom. The van der Waals surface area contributed by atoms with Crippen LogP contribution in [0.2, 0.25) is 0 Å². The Morgan fingerprint density at radius 2 is 1.90 bits per heavy atom. The van der Waals surface area contributed by atoms with Crippen molar-refractivity contribution in [3.8, 4) is 0 Å². The quantitative estimate of drug-likeness (QED) is 0.661. The van der Waals surface area contributed by atoms with Gasteiger partial charge in [-0.05, 0) is 18.4 Å². The summed E-state index contributed by atoms with van der Waals surface area (Å²) in [6.45, 7) is 0.0559. The van der Waals surface area contributed by atoms with Crippen LogP contribution in [-0.4, -0.2) is 29.1 Å². The minimum absolute atomic E-state index is 0.0559. The van der Waals surface area contributed by atoms with Crippen LogP contribution in [0.4, 0.5) is 4.79 Å². The first kappa shape index (κ1) is 16.5. The monoisotopic (exact) mass is 294 g/mol. The number of carbonyl (C=O) groups excluding carboxylic acids is 2. The summed E-state index contributed by atoms with van der Waals surface area (Å²) in [7, 11) is 0. The molecule has 21 heavy (non-hydrogen) atoms. The van der Waals surface area contributed by atoms with Gasteiger partial charge < -0.3 is 20.9 Å². The second kappa shape index (κ2) is 8.57. The number of nitrogens with two attached hydrogens (primary N) is 1. The number of carboxylic acid groups (broad SMARTS) is 1. The van der Waals surface area contributed by atoms with Crippen LogP contribution >= 0.6 is 0 Å². The van der Waals surface area contributed by atoms with Crippen molar-refractivity contribution in [1.29, 1.82) is 0 Å². The molecule has 7 nitrogen and oxygen atoms in total. The highest BCUT2D eigenvalue weighted by atomic mass is 16.5. The number of benzene rings is 1. The van der Waals surface area contributed by atoms with Gasteiger partial charge in [0.2, 0.25) is 5.91 Å². The molecule has 0 aliphatic heterocycles. The van der Waals surface area contributed by atoms with E-state index in [1.54, 1.807) is 24.3 Å². The first-order valence-electron chi connectivity index (χ1n) is 6.47. The van der Waals surface area contributed by atoms with Gasteiger partial charge in [-0.15, -0.1) is 0 Å². The molecule has 0 unspecified atom stereocenters. The summed E-state index contributed by atoms with van der Waals surface area (Å²) in [6, 6.07) is 7.92. The van der Waals surface area contributed by atoms with Crippen molar-refractivity contribution in [2.45, 2.75) is 31.9 Å². The number of hydrogen-bond donors (Lipinski definition) is 3. The fourth-order valence-corrected chi connectivity index (χ4v) is 1.64. The summed E-state index contributed by atoms with van der Waals surface area (Å²) in [5, 5.41) is 11.2. The maximum Gasteiger partial charge on any atom is 0.408 e. The zero-order chi connectivity index (χ0) is 15.7. The van der Waals surface area contributed by atoms with Crippen LogP contribution in [0.15, 0.2) is 30.3 Å². The number of carbonyl (C=O) groups is 3. The van der Waals surface area contributed by atoms with E-state index in [0.29, 0.717) is 0 Å². The lowest BCUT2D eigenvalue weighted by Gasteiger charge is -2.14. The summed E-state index contributed by atoms with van der Waals surface area (Å²) in [5.41, 5.74) is 5.77. The zero-order valence-corrected chi connectivity index (χ0v) is 11.5. The molecule has 1 rings (SSSR count). The van der Waals surface area contributed by atoms with Crippen LogP contribution in [0, 0.1) is 0 Å². The van der Waals surface area contributed by atoms with E-state index in [9.17, 15) is 14.4 Å². The lowest BCUT2D eigenvalue weighted by atomic mass is 10.1. The Labute approximate surface area is 122 Å². The van der Waals surface area contributed by atoms with Gasteiger partial charge >= 0.3 is 12.1 Å². The average molecular weight is 294 g/mol. The highest BCUT2D eigenvalue weighted by Gasteiger charge is 2.20. The van der Waals surface area contributed by atoms with Crippen molar-refractivity contribution >= 4 is 18.0 Å². The highest BCUT2D eigenvalue weighted by Crippen LogP contribution is 2.04. The smallest absolute Gasteiger partial charge is 0.408 e. The van der Waals surface area contributed by atoms with Crippen LogP contribution in [0.1, 0.15) is 24.8 Å². The molecule has 7 heteroatoms. The highest BCUT2D eigenvalue weighted by molar-refractivity contribution is 5.80. The van der Waals surface area contributed by atoms with Crippen molar-refractivity contribution in [2.24, 2.45) is 5.73 Å². The summed E-state index contributed by atoms with van der Waals surface area (Å²) in [4.78, 5) is 33.1. The van der Waals surface area contributed by atoms with Gasteiger partial charge in [0.15, 0.2) is 0 Å². The van der Waals surface area contributed by atoms with E-state index in [1.807, 2.05) is 6.07 Å². The number of hydrogen-bond acceptors (Lipinski definition) is 4. The molecular formula is C14H18N2O5. The number of carboxylic acids is 1. The van der Waals surface area contributed by atoms with Gasteiger partial charge in [-0.1, -0.05) is 30.3 Å². The summed E-state index contributed by atoms with van der Waals surface area (Å²) >= 11 is 0. The first-order chi connectivity index (χ1) is 9.99. The molecule has 0 heterocycles. The fraction of sp³-hybridized carbons (Fsp3) is 0.357. The van der Waals surface area contributed by atoms with Crippen LogP contribution in [-0.2, 0) is 20.9 Å². The lowest BCUT2D eigenvalue weighted by Crippen LogP contribution is -2.41. The average Bonchev–Trinajstić information content (AvgIpc) is 2.44. The topological polar surface area (TPSA) is 119 Å². The number of aliphatic carboxylic acids is 1. The van der Waals surface area contributed by atoms with Gasteiger partial charge in [0.25, 0.3) is 0 Å². The Bertz CT molecular complexity index is 489. The molecule has 0 aliphatic rings. The van der Waals surface area contributed by atoms with Crippen molar-refractivity contribution in [2.75, 3.05) is 0 Å². The van der Waals surface area contributed by atoms with Gasteiger partial charge in [-0.3, -0.25) is 4.79 Å². The third-order valence-corrected chi connectivity index (χ3v) is 2.72. The van der Waals surface area contributed by atoms with Crippen LogP contribution < -0.4 is 11.1 Å². The molecule has 4 N–H and O–H groups in total. The molecular weight excluding hydrogens is 276 g/mol. The van der Waals surface area contributed by atoms with Crippen LogP contribution in [0.25, 0.3) is 0 Å². The van der Waals surface area contributed by atoms with Gasteiger partial charge in [-0.25, -0.2) is 9.59 Å².